The molecule has 0 spiro atoms. The van der Waals surface area contributed by atoms with E-state index in [2.05, 4.69) is 15.5 Å². The number of para-hydroxylation sites is 1. The number of nitrogens with one attached hydrogen (secondary N) is 1. The van der Waals surface area contributed by atoms with Crippen molar-refractivity contribution in [3.05, 3.63) is 61.8 Å². The van der Waals surface area contributed by atoms with E-state index in [4.69, 9.17) is 16.3 Å². The minimum absolute atomic E-state index is 0.0462. The second-order valence-corrected chi connectivity index (χ2v) is 6.85. The van der Waals surface area contributed by atoms with Crippen LogP contribution in [0.1, 0.15) is 22.3 Å². The highest BCUT2D eigenvalue weighted by molar-refractivity contribution is 7.11. The van der Waals surface area contributed by atoms with Crippen LogP contribution in [-0.2, 0) is 16.1 Å². The molecule has 0 radical (unpaired) electrons. The Morgan fingerprint density at radius 2 is 2.11 bits per heavy atom. The molecule has 1 aromatic carbocycles. The van der Waals surface area contributed by atoms with Crippen LogP contribution in [0.4, 0.5) is 0 Å². The van der Waals surface area contributed by atoms with Gasteiger partial charge in [-0.2, -0.15) is 5.10 Å². The third-order valence-electron chi connectivity index (χ3n) is 3.63. The van der Waals surface area contributed by atoms with Gasteiger partial charge in [0.05, 0.1) is 23.2 Å². The number of nitrogens with zero attached hydrogens (tertiary/aromatic N) is 3. The molecule has 0 unspecified atom stereocenters. The van der Waals surface area contributed by atoms with Crippen LogP contribution in [0.25, 0.3) is 10.9 Å². The number of ether oxygens (including phenoxy) is 1. The molecule has 0 aliphatic carbocycles. The van der Waals surface area contributed by atoms with E-state index in [-0.39, 0.29) is 24.0 Å². The number of halogens is 1. The first-order chi connectivity index (χ1) is 13.5. The average molecular weight is 419 g/mol. The first-order valence-corrected chi connectivity index (χ1v) is 9.43. The van der Waals surface area contributed by atoms with Gasteiger partial charge in [0.15, 0.2) is 0 Å². The van der Waals surface area contributed by atoms with Gasteiger partial charge in [0.2, 0.25) is 0 Å². The first kappa shape index (κ1) is 19.7. The summed E-state index contributed by atoms with van der Waals surface area (Å²) in [5.41, 5.74) is 3.24. The predicted molar refractivity (Wildman–Crippen MR) is 107 cm³/mol. The number of hydrogen-bond donors (Lipinski definition) is 1. The van der Waals surface area contributed by atoms with E-state index in [9.17, 15) is 14.4 Å². The second-order valence-electron chi connectivity index (χ2n) is 5.50. The van der Waals surface area contributed by atoms with Crippen molar-refractivity contribution in [3.63, 3.8) is 0 Å². The molecule has 3 aromatic rings. The van der Waals surface area contributed by atoms with Crippen LogP contribution in [0.3, 0.4) is 0 Å². The number of benzene rings is 1. The van der Waals surface area contributed by atoms with Crippen molar-refractivity contribution in [1.82, 2.24) is 15.0 Å². The van der Waals surface area contributed by atoms with Crippen molar-refractivity contribution >= 4 is 51.9 Å². The molecule has 0 fully saturated rings. The zero-order valence-corrected chi connectivity index (χ0v) is 16.3. The van der Waals surface area contributed by atoms with Crippen molar-refractivity contribution in [2.24, 2.45) is 5.10 Å². The van der Waals surface area contributed by atoms with Gasteiger partial charge in [0, 0.05) is 5.39 Å². The number of rotatable bonds is 6. The predicted octanol–water partition coefficient (Wildman–Crippen LogP) is 2.44. The van der Waals surface area contributed by atoms with Crippen LogP contribution < -0.4 is 10.3 Å². The Labute approximate surface area is 168 Å². The van der Waals surface area contributed by atoms with E-state index < -0.39 is 16.7 Å². The summed E-state index contributed by atoms with van der Waals surface area (Å²) in [5, 5.41) is 4.79. The summed E-state index contributed by atoms with van der Waals surface area (Å²) in [5.74, 6) is -1.07. The molecule has 2 heterocycles. The highest BCUT2D eigenvalue weighted by atomic mass is 35.5. The smallest absolute Gasteiger partial charge is 0.326 e. The molecule has 3 rings (SSSR count). The third-order valence-corrected chi connectivity index (χ3v) is 5.06. The fraction of sp³-hybridized carbons (Fsp3) is 0.167. The van der Waals surface area contributed by atoms with E-state index in [0.29, 0.717) is 10.4 Å². The molecule has 0 saturated carbocycles. The number of carbonyl (C=O) groups is 2. The lowest BCUT2D eigenvalue weighted by Crippen LogP contribution is -2.21. The minimum Gasteiger partial charge on any atom is -0.465 e. The minimum atomic E-state index is -0.566. The number of thiazole rings is 1. The maximum absolute atomic E-state index is 12.2. The van der Waals surface area contributed by atoms with Crippen molar-refractivity contribution < 1.29 is 14.3 Å². The van der Waals surface area contributed by atoms with Crippen LogP contribution in [0, 0.1) is 0 Å². The molecule has 10 heteroatoms. The van der Waals surface area contributed by atoms with Gasteiger partial charge in [0.25, 0.3) is 5.91 Å². The van der Waals surface area contributed by atoms with Crippen LogP contribution in [-0.4, -0.2) is 34.2 Å². The lowest BCUT2D eigenvalue weighted by molar-refractivity contribution is -0.143. The summed E-state index contributed by atoms with van der Waals surface area (Å²) in [7, 11) is 0. The summed E-state index contributed by atoms with van der Waals surface area (Å²) >= 11 is 6.92. The van der Waals surface area contributed by atoms with Crippen LogP contribution >= 0.6 is 22.9 Å². The largest absolute Gasteiger partial charge is 0.465 e. The normalized spacial score (nSPS) is 11.1. The highest BCUT2D eigenvalue weighted by Crippen LogP contribution is 2.17. The quantitative estimate of drug-likeness (QED) is 0.376. The van der Waals surface area contributed by atoms with E-state index in [0.717, 1.165) is 21.3 Å². The molecule has 0 saturated heterocycles. The summed E-state index contributed by atoms with van der Waals surface area (Å²) in [6.07, 6.45) is 1.25. The fourth-order valence-corrected chi connectivity index (χ4v) is 3.46. The Hall–Kier alpha value is -3.04. The van der Waals surface area contributed by atoms with E-state index >= 15 is 0 Å². The summed E-state index contributed by atoms with van der Waals surface area (Å²) < 4.78 is 5.89. The van der Waals surface area contributed by atoms with Crippen molar-refractivity contribution in [2.45, 2.75) is 13.5 Å². The van der Waals surface area contributed by atoms with Crippen molar-refractivity contribution in [1.29, 1.82) is 0 Å². The number of pyridine rings is 1. The van der Waals surface area contributed by atoms with E-state index in [1.54, 1.807) is 25.1 Å². The summed E-state index contributed by atoms with van der Waals surface area (Å²) in [6, 6.07) is 10.8. The van der Waals surface area contributed by atoms with Gasteiger partial charge in [-0.3, -0.25) is 19.0 Å². The molecule has 0 bridgehead atoms. The van der Waals surface area contributed by atoms with Gasteiger partial charge in [-0.15, -0.1) is 0 Å². The molecule has 1 N–H and O–H groups in total. The maximum Gasteiger partial charge on any atom is 0.326 e. The number of carbonyl (C=O) groups excluding carboxylic acids is 2. The molecule has 8 nitrogen and oxygen atoms in total. The van der Waals surface area contributed by atoms with Crippen LogP contribution in [0.2, 0.25) is 5.15 Å². The van der Waals surface area contributed by atoms with Gasteiger partial charge in [-0.25, -0.2) is 10.4 Å². The second kappa shape index (κ2) is 8.77. The Bertz CT molecular complexity index is 1120. The molecule has 0 aliphatic rings. The fourth-order valence-electron chi connectivity index (χ4n) is 2.35. The monoisotopic (exact) mass is 418 g/mol. The number of fused-ring (bicyclic) bond motifs is 1. The van der Waals surface area contributed by atoms with Gasteiger partial charge >= 0.3 is 10.8 Å². The summed E-state index contributed by atoms with van der Waals surface area (Å²) in [4.78, 5) is 39.9. The zero-order valence-electron chi connectivity index (χ0n) is 14.7. The molecule has 0 atom stereocenters. The molecule has 1 amide bonds. The lowest BCUT2D eigenvalue weighted by Gasteiger charge is -2.03. The average Bonchev–Trinajstić information content (AvgIpc) is 2.95. The van der Waals surface area contributed by atoms with Crippen LogP contribution in [0.15, 0.2) is 46.3 Å². The lowest BCUT2D eigenvalue weighted by atomic mass is 10.2. The Morgan fingerprint density at radius 3 is 2.89 bits per heavy atom. The first-order valence-electron chi connectivity index (χ1n) is 8.23. The van der Waals surface area contributed by atoms with Gasteiger partial charge in [-0.1, -0.05) is 47.2 Å². The third kappa shape index (κ3) is 4.44. The maximum atomic E-state index is 12.2. The Kier molecular flexibility index (Phi) is 6.17. The van der Waals surface area contributed by atoms with E-state index in [1.165, 1.54) is 6.21 Å². The Morgan fingerprint density at radius 1 is 1.32 bits per heavy atom. The van der Waals surface area contributed by atoms with Gasteiger partial charge in [0.1, 0.15) is 17.4 Å². The highest BCUT2D eigenvalue weighted by Gasteiger charge is 2.15. The van der Waals surface area contributed by atoms with Gasteiger partial charge < -0.3 is 4.74 Å². The number of hydrogen-bond acceptors (Lipinski definition) is 7. The number of aromatic nitrogens is 2. The zero-order chi connectivity index (χ0) is 20.1. The number of amides is 1. The van der Waals surface area contributed by atoms with Crippen LogP contribution in [0.5, 0.6) is 0 Å². The Balaban J connectivity index is 1.70. The number of hydrazone groups is 1. The van der Waals surface area contributed by atoms with Crippen molar-refractivity contribution in [2.75, 3.05) is 6.61 Å². The molecule has 0 aliphatic heterocycles. The van der Waals surface area contributed by atoms with Crippen molar-refractivity contribution in [3.8, 4) is 0 Å². The molecule has 28 heavy (non-hydrogen) atoms. The molecule has 144 valence electrons. The molecular formula is C18H15ClN4O4S. The van der Waals surface area contributed by atoms with E-state index in [1.807, 2.05) is 18.2 Å². The molecule has 2 aromatic heterocycles. The number of esters is 1. The summed E-state index contributed by atoms with van der Waals surface area (Å²) in [6.45, 7) is 1.59. The molecular weight excluding hydrogens is 404 g/mol. The van der Waals surface area contributed by atoms with Gasteiger partial charge in [-0.05, 0) is 19.1 Å². The standard InChI is InChI=1S/C18H15ClN4O4S/c1-2-27-15(24)10-23-16(19)14(28-18(23)26)9-20-22-17(25)13-8-7-11-5-3-4-6-12(11)21-13/h3-9H,2,10H2,1H3,(H,22,25)/b20-9-. The topological polar surface area (TPSA) is 103 Å². The SMILES string of the molecule is CCOC(=O)Cn1c(Cl)c(/C=N\NC(=O)c2ccc3ccccc3n2)sc1=O.